The molecular weight excluding hydrogens is 292 g/mol. The van der Waals surface area contributed by atoms with Crippen LogP contribution in [0.4, 0.5) is 8.78 Å². The average molecular weight is 305 g/mol. The molecule has 3 rings (SSSR count). The van der Waals surface area contributed by atoms with Crippen LogP contribution < -0.4 is 0 Å². The molecule has 6 nitrogen and oxygen atoms in total. The monoisotopic (exact) mass is 305 g/mol. The van der Waals surface area contributed by atoms with E-state index in [9.17, 15) is 8.78 Å². The SMILES string of the molecule is Cc1cnn(CCc2nc(-c3ccc(C(F)F)nc3)no2)c1. The first-order valence-corrected chi connectivity index (χ1v) is 6.68. The minimum atomic E-state index is -2.59. The molecule has 8 heteroatoms. The van der Waals surface area contributed by atoms with Crippen molar-refractivity contribution in [2.24, 2.45) is 0 Å². The van der Waals surface area contributed by atoms with Crippen LogP contribution in [0, 0.1) is 6.92 Å². The zero-order valence-electron chi connectivity index (χ0n) is 11.8. The molecule has 0 saturated heterocycles. The van der Waals surface area contributed by atoms with Crippen molar-refractivity contribution in [1.82, 2.24) is 24.9 Å². The Morgan fingerprint density at radius 3 is 2.77 bits per heavy atom. The van der Waals surface area contributed by atoms with Gasteiger partial charge in [0.2, 0.25) is 11.7 Å². The van der Waals surface area contributed by atoms with Gasteiger partial charge in [-0.3, -0.25) is 9.67 Å². The van der Waals surface area contributed by atoms with E-state index in [0.29, 0.717) is 30.2 Å². The second kappa shape index (κ2) is 6.00. The minimum absolute atomic E-state index is 0.276. The van der Waals surface area contributed by atoms with Gasteiger partial charge < -0.3 is 4.52 Å². The van der Waals surface area contributed by atoms with Crippen molar-refractivity contribution < 1.29 is 13.3 Å². The smallest absolute Gasteiger partial charge is 0.280 e. The topological polar surface area (TPSA) is 69.6 Å². The number of alkyl halides is 2. The summed E-state index contributed by atoms with van der Waals surface area (Å²) in [4.78, 5) is 7.90. The van der Waals surface area contributed by atoms with Crippen LogP contribution in [-0.2, 0) is 13.0 Å². The lowest BCUT2D eigenvalue weighted by molar-refractivity contribution is 0.146. The van der Waals surface area contributed by atoms with Gasteiger partial charge in [0.15, 0.2) is 0 Å². The molecule has 0 unspecified atom stereocenters. The fraction of sp³-hybridized carbons (Fsp3) is 0.286. The van der Waals surface area contributed by atoms with Crippen LogP contribution in [0.1, 0.15) is 23.6 Å². The van der Waals surface area contributed by atoms with Crippen molar-refractivity contribution in [3.8, 4) is 11.4 Å². The van der Waals surface area contributed by atoms with Crippen molar-refractivity contribution in [1.29, 1.82) is 0 Å². The molecule has 0 bridgehead atoms. The molecule has 0 aliphatic carbocycles. The standard InChI is InChI=1S/C14H13F2N5O/c1-9-6-18-21(8-9)5-4-12-19-14(20-22-12)10-2-3-11(13(15)16)17-7-10/h2-3,6-8,13H,4-5H2,1H3. The summed E-state index contributed by atoms with van der Waals surface area (Å²) >= 11 is 0. The first-order chi connectivity index (χ1) is 10.6. The fourth-order valence-corrected chi connectivity index (χ4v) is 1.94. The molecule has 3 aromatic rings. The molecule has 22 heavy (non-hydrogen) atoms. The molecule has 0 aliphatic rings. The summed E-state index contributed by atoms with van der Waals surface area (Å²) in [5.41, 5.74) is 1.34. The van der Waals surface area contributed by atoms with Gasteiger partial charge in [-0.1, -0.05) is 5.16 Å². The second-order valence-electron chi connectivity index (χ2n) is 4.81. The summed E-state index contributed by atoms with van der Waals surface area (Å²) in [6.07, 6.45) is 2.95. The molecule has 0 fully saturated rings. The van der Waals surface area contributed by atoms with E-state index in [1.165, 1.54) is 18.3 Å². The Hall–Kier alpha value is -2.64. The predicted octanol–water partition coefficient (Wildman–Crippen LogP) is 2.82. The van der Waals surface area contributed by atoms with Crippen molar-refractivity contribution in [3.63, 3.8) is 0 Å². The molecule has 0 N–H and O–H groups in total. The zero-order chi connectivity index (χ0) is 15.5. The van der Waals surface area contributed by atoms with Crippen LogP contribution in [0.5, 0.6) is 0 Å². The van der Waals surface area contributed by atoms with Gasteiger partial charge in [0.1, 0.15) is 5.69 Å². The summed E-state index contributed by atoms with van der Waals surface area (Å²) in [6, 6.07) is 2.75. The lowest BCUT2D eigenvalue weighted by Gasteiger charge is -1.98. The number of nitrogens with zero attached hydrogens (tertiary/aromatic N) is 5. The molecule has 0 aromatic carbocycles. The number of aromatic nitrogens is 5. The second-order valence-corrected chi connectivity index (χ2v) is 4.81. The van der Waals surface area contributed by atoms with E-state index in [0.717, 1.165) is 5.56 Å². The third kappa shape index (κ3) is 3.16. The van der Waals surface area contributed by atoms with Gasteiger partial charge in [-0.2, -0.15) is 10.1 Å². The fourth-order valence-electron chi connectivity index (χ4n) is 1.94. The van der Waals surface area contributed by atoms with E-state index in [1.807, 2.05) is 13.1 Å². The Labute approximate surface area is 124 Å². The maximum Gasteiger partial charge on any atom is 0.280 e. The summed E-state index contributed by atoms with van der Waals surface area (Å²) in [5, 5.41) is 8.00. The highest BCUT2D eigenvalue weighted by molar-refractivity contribution is 5.52. The Kier molecular flexibility index (Phi) is 3.90. The highest BCUT2D eigenvalue weighted by Gasteiger charge is 2.12. The summed E-state index contributed by atoms with van der Waals surface area (Å²) in [6.45, 7) is 2.59. The highest BCUT2D eigenvalue weighted by Crippen LogP contribution is 2.20. The number of pyridine rings is 1. The van der Waals surface area contributed by atoms with Crippen LogP contribution in [0.15, 0.2) is 35.2 Å². The molecule has 114 valence electrons. The van der Waals surface area contributed by atoms with Gasteiger partial charge in [0, 0.05) is 30.9 Å². The van der Waals surface area contributed by atoms with Crippen molar-refractivity contribution in [3.05, 3.63) is 47.9 Å². The van der Waals surface area contributed by atoms with Gasteiger partial charge in [0.05, 0.1) is 6.20 Å². The molecule has 0 spiro atoms. The van der Waals surface area contributed by atoms with Crippen molar-refractivity contribution in [2.45, 2.75) is 26.3 Å². The quantitative estimate of drug-likeness (QED) is 0.725. The van der Waals surface area contributed by atoms with Crippen LogP contribution in [-0.4, -0.2) is 24.9 Å². The third-order valence-corrected chi connectivity index (χ3v) is 3.05. The summed E-state index contributed by atoms with van der Waals surface area (Å²) in [5.74, 6) is 0.793. The van der Waals surface area contributed by atoms with Crippen molar-refractivity contribution in [2.75, 3.05) is 0 Å². The zero-order valence-corrected chi connectivity index (χ0v) is 11.8. The molecule has 0 atom stereocenters. The molecular formula is C14H13F2N5O. The van der Waals surface area contributed by atoms with E-state index < -0.39 is 6.43 Å². The van der Waals surface area contributed by atoms with E-state index in [1.54, 1.807) is 10.9 Å². The predicted molar refractivity (Wildman–Crippen MR) is 73.2 cm³/mol. The Balaban J connectivity index is 1.67. The molecule has 0 radical (unpaired) electrons. The summed E-state index contributed by atoms with van der Waals surface area (Å²) in [7, 11) is 0. The number of halogens is 2. The summed E-state index contributed by atoms with van der Waals surface area (Å²) < 4.78 is 31.8. The first-order valence-electron chi connectivity index (χ1n) is 6.68. The van der Waals surface area contributed by atoms with Gasteiger partial charge >= 0.3 is 0 Å². The highest BCUT2D eigenvalue weighted by atomic mass is 19.3. The third-order valence-electron chi connectivity index (χ3n) is 3.05. The van der Waals surface area contributed by atoms with Gasteiger partial charge in [-0.15, -0.1) is 0 Å². The minimum Gasteiger partial charge on any atom is -0.339 e. The van der Waals surface area contributed by atoms with Gasteiger partial charge in [0.25, 0.3) is 6.43 Å². The number of hydrogen-bond donors (Lipinski definition) is 0. The van der Waals surface area contributed by atoms with Crippen LogP contribution in [0.3, 0.4) is 0 Å². The first kappa shape index (κ1) is 14.3. The van der Waals surface area contributed by atoms with Crippen molar-refractivity contribution >= 4 is 0 Å². The molecule has 0 aliphatic heterocycles. The van der Waals surface area contributed by atoms with E-state index in [2.05, 4.69) is 20.2 Å². The van der Waals surface area contributed by atoms with Crippen LogP contribution >= 0.6 is 0 Å². The Bertz CT molecular complexity index is 751. The molecule has 3 aromatic heterocycles. The maximum absolute atomic E-state index is 12.4. The number of aryl methyl sites for hydroxylation is 3. The van der Waals surface area contributed by atoms with E-state index in [4.69, 9.17) is 4.52 Å². The molecule has 0 saturated carbocycles. The van der Waals surface area contributed by atoms with E-state index in [-0.39, 0.29) is 5.69 Å². The van der Waals surface area contributed by atoms with E-state index >= 15 is 0 Å². The van der Waals surface area contributed by atoms with Gasteiger partial charge in [-0.05, 0) is 24.6 Å². The van der Waals surface area contributed by atoms with Crippen LogP contribution in [0.2, 0.25) is 0 Å². The maximum atomic E-state index is 12.4. The normalized spacial score (nSPS) is 11.3. The van der Waals surface area contributed by atoms with Gasteiger partial charge in [-0.25, -0.2) is 8.78 Å². The Morgan fingerprint density at radius 2 is 2.14 bits per heavy atom. The lowest BCUT2D eigenvalue weighted by atomic mass is 10.2. The lowest BCUT2D eigenvalue weighted by Crippen LogP contribution is -2.01. The van der Waals surface area contributed by atoms with Crippen LogP contribution in [0.25, 0.3) is 11.4 Å². The molecule has 3 heterocycles. The number of hydrogen-bond acceptors (Lipinski definition) is 5. The molecule has 0 amide bonds. The number of rotatable bonds is 5. The largest absolute Gasteiger partial charge is 0.339 e. The Morgan fingerprint density at radius 1 is 1.27 bits per heavy atom. The average Bonchev–Trinajstić information content (AvgIpc) is 3.14.